The van der Waals surface area contributed by atoms with Crippen molar-refractivity contribution in [3.63, 3.8) is 0 Å². The van der Waals surface area contributed by atoms with Crippen molar-refractivity contribution < 1.29 is 32.7 Å². The van der Waals surface area contributed by atoms with Crippen LogP contribution >= 0.6 is 0 Å². The maximum atomic E-state index is 13.1. The first-order valence-electron chi connectivity index (χ1n) is 15.5. The van der Waals surface area contributed by atoms with Crippen molar-refractivity contribution >= 4 is 29.2 Å². The van der Waals surface area contributed by atoms with Gasteiger partial charge in [-0.25, -0.2) is 4.79 Å². The van der Waals surface area contributed by atoms with Gasteiger partial charge in [0, 0.05) is 48.7 Å². The number of nitriles is 1. The summed E-state index contributed by atoms with van der Waals surface area (Å²) in [6.07, 6.45) is -4.43. The molecule has 0 unspecified atom stereocenters. The number of alkyl halides is 3. The number of anilines is 2. The molecular weight excluding hydrogens is 645 g/mol. The normalized spacial score (nSPS) is 12.6. The van der Waals surface area contributed by atoms with Gasteiger partial charge in [0.1, 0.15) is 0 Å². The number of rotatable bonds is 6. The number of amides is 2. The number of carboxylic acids is 1. The minimum Gasteiger partial charge on any atom is -0.478 e. The van der Waals surface area contributed by atoms with Gasteiger partial charge in [0.05, 0.1) is 22.8 Å². The third-order valence-corrected chi connectivity index (χ3v) is 8.01. The summed E-state index contributed by atoms with van der Waals surface area (Å²) in [6, 6.07) is 35.9. The van der Waals surface area contributed by atoms with Crippen molar-refractivity contribution in [3.8, 4) is 17.2 Å². The highest BCUT2D eigenvalue weighted by atomic mass is 19.4. The van der Waals surface area contributed by atoms with Crippen molar-refractivity contribution in [2.24, 2.45) is 0 Å². The number of nitrogens with one attached hydrogen (secondary N) is 1. The number of aromatic carboxylic acids is 1. The lowest BCUT2D eigenvalue weighted by atomic mass is 9.98. The topological polar surface area (TPSA) is 114 Å². The molecule has 0 radical (unpaired) electrons. The zero-order chi connectivity index (χ0) is 35.7. The van der Waals surface area contributed by atoms with Crippen LogP contribution in [0.15, 0.2) is 127 Å². The molecule has 2 amide bonds. The van der Waals surface area contributed by atoms with Gasteiger partial charge in [0.2, 0.25) is 0 Å². The Hall–Kier alpha value is -6.41. The Balaban J connectivity index is 0.000000470. The van der Waals surface area contributed by atoms with Gasteiger partial charge in [-0.2, -0.15) is 18.4 Å². The van der Waals surface area contributed by atoms with Crippen LogP contribution in [0.5, 0.6) is 0 Å². The van der Waals surface area contributed by atoms with E-state index < -0.39 is 17.7 Å². The Bertz CT molecular complexity index is 2000. The van der Waals surface area contributed by atoms with E-state index in [0.717, 1.165) is 17.8 Å². The molecule has 0 aliphatic carbocycles. The molecule has 6 rings (SSSR count). The molecule has 0 aromatic heterocycles. The molecule has 0 atom stereocenters. The van der Waals surface area contributed by atoms with E-state index in [1.165, 1.54) is 12.1 Å². The van der Waals surface area contributed by atoms with Gasteiger partial charge in [-0.05, 0) is 83.9 Å². The SMILES string of the molecule is N#Cc1cccc(C(=O)N2CCN(c3ccc(NC(=O)c4ccccc4-c4ccc(C(F)(F)F)cc4)cc3)CC2)c1.O=C(O)c1ccccc1. The second-order valence-electron chi connectivity index (χ2n) is 11.3. The zero-order valence-corrected chi connectivity index (χ0v) is 26.6. The summed E-state index contributed by atoms with van der Waals surface area (Å²) >= 11 is 0. The molecule has 8 nitrogen and oxygen atoms in total. The number of piperazine rings is 1. The van der Waals surface area contributed by atoms with E-state index >= 15 is 0 Å². The summed E-state index contributed by atoms with van der Waals surface area (Å²) in [5, 5.41) is 20.3. The third-order valence-electron chi connectivity index (χ3n) is 8.01. The molecular formula is C39H31F3N4O4. The minimum atomic E-state index is -4.43. The first-order chi connectivity index (χ1) is 24.0. The smallest absolute Gasteiger partial charge is 0.416 e. The minimum absolute atomic E-state index is 0.101. The van der Waals surface area contributed by atoms with Gasteiger partial charge in [-0.15, -0.1) is 0 Å². The molecule has 1 fully saturated rings. The highest BCUT2D eigenvalue weighted by Gasteiger charge is 2.30. The highest BCUT2D eigenvalue weighted by molar-refractivity contribution is 6.08. The van der Waals surface area contributed by atoms with Crippen molar-refractivity contribution in [2.45, 2.75) is 6.18 Å². The second-order valence-corrected chi connectivity index (χ2v) is 11.3. The molecule has 1 saturated heterocycles. The maximum Gasteiger partial charge on any atom is 0.416 e. The van der Waals surface area contributed by atoms with Gasteiger partial charge in [0.25, 0.3) is 11.8 Å². The highest BCUT2D eigenvalue weighted by Crippen LogP contribution is 2.32. The molecule has 0 bridgehead atoms. The van der Waals surface area contributed by atoms with E-state index in [1.54, 1.807) is 95.9 Å². The van der Waals surface area contributed by atoms with Crippen LogP contribution in [0.2, 0.25) is 0 Å². The molecule has 1 aliphatic rings. The third kappa shape index (κ3) is 8.73. The summed E-state index contributed by atoms with van der Waals surface area (Å²) in [6.45, 7) is 2.34. The monoisotopic (exact) mass is 676 g/mol. The Morgan fingerprint density at radius 1 is 0.720 bits per heavy atom. The molecule has 0 saturated carbocycles. The number of hydrogen-bond acceptors (Lipinski definition) is 5. The van der Waals surface area contributed by atoms with Gasteiger partial charge in [0.15, 0.2) is 0 Å². The molecule has 252 valence electrons. The van der Waals surface area contributed by atoms with Crippen molar-refractivity contribution in [1.29, 1.82) is 5.26 Å². The van der Waals surface area contributed by atoms with Crippen molar-refractivity contribution in [3.05, 3.63) is 155 Å². The van der Waals surface area contributed by atoms with Crippen LogP contribution in [0.1, 0.15) is 42.2 Å². The maximum absolute atomic E-state index is 13.1. The van der Waals surface area contributed by atoms with Gasteiger partial charge in [-0.1, -0.05) is 54.6 Å². The number of nitrogens with zero attached hydrogens (tertiary/aromatic N) is 3. The fourth-order valence-electron chi connectivity index (χ4n) is 5.38. The average molecular weight is 677 g/mol. The molecule has 2 N–H and O–H groups in total. The number of carbonyl (C=O) groups is 3. The first-order valence-corrected chi connectivity index (χ1v) is 15.5. The van der Waals surface area contributed by atoms with Crippen LogP contribution in [-0.2, 0) is 6.18 Å². The summed E-state index contributed by atoms with van der Waals surface area (Å²) < 4.78 is 38.9. The number of carboxylic acid groups (broad SMARTS) is 1. The van der Waals surface area contributed by atoms with Crippen LogP contribution in [0.3, 0.4) is 0 Å². The number of halogens is 3. The van der Waals surface area contributed by atoms with Crippen molar-refractivity contribution in [2.75, 3.05) is 36.4 Å². The van der Waals surface area contributed by atoms with Crippen molar-refractivity contribution in [1.82, 2.24) is 4.90 Å². The predicted octanol–water partition coefficient (Wildman–Crippen LogP) is 7.84. The molecule has 0 spiro atoms. The Morgan fingerprint density at radius 2 is 1.34 bits per heavy atom. The fourth-order valence-corrected chi connectivity index (χ4v) is 5.38. The Morgan fingerprint density at radius 3 is 1.94 bits per heavy atom. The van der Waals surface area contributed by atoms with E-state index in [9.17, 15) is 27.6 Å². The lowest BCUT2D eigenvalue weighted by Crippen LogP contribution is -2.48. The summed E-state index contributed by atoms with van der Waals surface area (Å²) in [5.74, 6) is -1.35. The van der Waals surface area contributed by atoms with Gasteiger partial charge < -0.3 is 20.2 Å². The number of carbonyl (C=O) groups excluding carboxylic acids is 2. The molecule has 1 heterocycles. The molecule has 5 aromatic rings. The van der Waals surface area contributed by atoms with E-state index in [4.69, 9.17) is 10.4 Å². The number of hydrogen-bond donors (Lipinski definition) is 2. The van der Waals surface area contributed by atoms with Crippen LogP contribution in [0.4, 0.5) is 24.5 Å². The van der Waals surface area contributed by atoms with Crippen LogP contribution in [0.25, 0.3) is 11.1 Å². The molecule has 5 aromatic carbocycles. The van der Waals surface area contributed by atoms with E-state index in [1.807, 2.05) is 12.1 Å². The molecule has 11 heteroatoms. The van der Waals surface area contributed by atoms with E-state index in [-0.39, 0.29) is 11.8 Å². The molecule has 50 heavy (non-hydrogen) atoms. The van der Waals surface area contributed by atoms with E-state index in [2.05, 4.69) is 16.3 Å². The van der Waals surface area contributed by atoms with Gasteiger partial charge >= 0.3 is 12.1 Å². The largest absolute Gasteiger partial charge is 0.478 e. The van der Waals surface area contributed by atoms with Gasteiger partial charge in [-0.3, -0.25) is 9.59 Å². The lowest BCUT2D eigenvalue weighted by molar-refractivity contribution is -0.137. The summed E-state index contributed by atoms with van der Waals surface area (Å²) in [7, 11) is 0. The Labute approximate surface area is 286 Å². The number of benzene rings is 5. The van der Waals surface area contributed by atoms with Crippen LogP contribution in [0, 0.1) is 11.3 Å². The average Bonchev–Trinajstić information content (AvgIpc) is 3.15. The fraction of sp³-hybridized carbons (Fsp3) is 0.128. The quantitative estimate of drug-likeness (QED) is 0.190. The van der Waals surface area contributed by atoms with E-state index in [0.29, 0.717) is 65.2 Å². The van der Waals surface area contributed by atoms with Crippen LogP contribution < -0.4 is 10.2 Å². The second kappa shape index (κ2) is 15.7. The lowest BCUT2D eigenvalue weighted by Gasteiger charge is -2.36. The predicted molar refractivity (Wildman–Crippen MR) is 184 cm³/mol. The van der Waals surface area contributed by atoms with Crippen LogP contribution in [-0.4, -0.2) is 54.0 Å². The summed E-state index contributed by atoms with van der Waals surface area (Å²) in [4.78, 5) is 40.1. The zero-order valence-electron chi connectivity index (χ0n) is 26.6. The Kier molecular flexibility index (Phi) is 10.9. The summed E-state index contributed by atoms with van der Waals surface area (Å²) in [5.41, 5.74) is 3.44. The first kappa shape index (κ1) is 34.9. The molecule has 1 aliphatic heterocycles. The standard InChI is InChI=1S/C32H25F3N4O2.C7H6O2/c33-32(34,35)25-10-8-23(9-11-25)28-6-1-2-7-29(28)30(40)37-26-12-14-27(15-13-26)38-16-18-39(19-17-38)31(41)24-5-3-4-22(20-24)21-36;8-7(9)6-4-2-1-3-5-6/h1-15,20H,16-19H2,(H,37,40);1-5H,(H,8,9).